The fourth-order valence-electron chi connectivity index (χ4n) is 4.23. The summed E-state index contributed by atoms with van der Waals surface area (Å²) in [4.78, 5) is 22.9. The van der Waals surface area contributed by atoms with Gasteiger partial charge < -0.3 is 9.52 Å². The number of rotatable bonds is 5. The van der Waals surface area contributed by atoms with E-state index in [0.29, 0.717) is 16.6 Å². The van der Waals surface area contributed by atoms with E-state index < -0.39 is 29.7 Å². The molecule has 1 N–H and O–H groups in total. The van der Waals surface area contributed by atoms with Gasteiger partial charge in [0.1, 0.15) is 0 Å². The molecule has 0 amide bonds. The van der Waals surface area contributed by atoms with E-state index in [1.165, 1.54) is 61.0 Å². The van der Waals surface area contributed by atoms with Crippen molar-refractivity contribution in [1.29, 1.82) is 0 Å². The number of carbonyl (C=O) groups is 1. The van der Waals surface area contributed by atoms with Crippen molar-refractivity contribution in [2.24, 2.45) is 7.05 Å². The van der Waals surface area contributed by atoms with Crippen molar-refractivity contribution in [1.82, 2.24) is 4.57 Å². The number of hydrogen-bond acceptors (Lipinski definition) is 3. The van der Waals surface area contributed by atoms with E-state index in [9.17, 15) is 22.8 Å². The van der Waals surface area contributed by atoms with E-state index in [4.69, 9.17) is 32.7 Å². The molecule has 4 rings (SSSR count). The lowest BCUT2D eigenvalue weighted by atomic mass is 9.81. The normalized spacial score (nSPS) is 13.7. The first-order valence-electron chi connectivity index (χ1n) is 10.4. The summed E-state index contributed by atoms with van der Waals surface area (Å²) >= 11 is 12.5. The maximum absolute atomic E-state index is 14.2. The number of carboxylic acids is 1. The molecule has 0 aliphatic heterocycles. The third kappa shape index (κ3) is 4.68. The highest BCUT2D eigenvalue weighted by Crippen LogP contribution is 2.47. The highest BCUT2D eigenvalue weighted by molar-refractivity contribution is 6.34. The number of hydrogen-bond donors (Lipinski definition) is 1. The molecule has 1 heterocycles. The molecular formula is C25H18Cl2F3NO4. The Balaban J connectivity index is 1.73. The third-order valence-corrected chi connectivity index (χ3v) is 6.69. The number of aromatic carboxylic acids is 1. The van der Waals surface area contributed by atoms with Crippen LogP contribution in [0.2, 0.25) is 10.0 Å². The zero-order valence-corrected chi connectivity index (χ0v) is 19.9. The predicted octanol–water partition coefficient (Wildman–Crippen LogP) is 7.25. The monoisotopic (exact) mass is 523 g/mol. The molecule has 0 bridgehead atoms. The highest BCUT2D eigenvalue weighted by Gasteiger charge is 2.45. The van der Waals surface area contributed by atoms with Gasteiger partial charge in [-0.15, -0.1) is 0 Å². The van der Waals surface area contributed by atoms with E-state index in [-0.39, 0.29) is 32.3 Å². The second-order valence-corrected chi connectivity index (χ2v) is 9.01. The van der Waals surface area contributed by atoms with Crippen LogP contribution in [0.3, 0.4) is 0 Å². The van der Waals surface area contributed by atoms with Crippen LogP contribution in [0, 0.1) is 0 Å². The van der Waals surface area contributed by atoms with E-state index >= 15 is 0 Å². The van der Waals surface area contributed by atoms with E-state index in [0.717, 1.165) is 0 Å². The first-order valence-corrected chi connectivity index (χ1v) is 11.1. The Morgan fingerprint density at radius 1 is 1.00 bits per heavy atom. The molecule has 2 atom stereocenters. The molecular weight excluding hydrogens is 506 g/mol. The Morgan fingerprint density at radius 3 is 2.20 bits per heavy atom. The molecule has 2 unspecified atom stereocenters. The summed E-state index contributed by atoms with van der Waals surface area (Å²) in [7, 11) is 1.47. The first kappa shape index (κ1) is 24.9. The Morgan fingerprint density at radius 2 is 1.63 bits per heavy atom. The van der Waals surface area contributed by atoms with Crippen LogP contribution in [0.1, 0.15) is 40.2 Å². The smallest absolute Gasteiger partial charge is 0.419 e. The van der Waals surface area contributed by atoms with Crippen LogP contribution in [0.15, 0.2) is 63.8 Å². The lowest BCUT2D eigenvalue weighted by molar-refractivity contribution is -0.154. The quantitative estimate of drug-likeness (QED) is 0.299. The van der Waals surface area contributed by atoms with Crippen molar-refractivity contribution < 1.29 is 27.5 Å². The average Bonchev–Trinajstić information content (AvgIpc) is 3.05. The number of carboxylic acid groups (broad SMARTS) is 1. The van der Waals surface area contributed by atoms with Crippen molar-refractivity contribution >= 4 is 40.3 Å². The number of aromatic nitrogens is 1. The summed E-state index contributed by atoms with van der Waals surface area (Å²) in [5, 5.41) is 9.29. The fraction of sp³-hybridized carbons (Fsp3) is 0.200. The van der Waals surface area contributed by atoms with Gasteiger partial charge in [0.15, 0.2) is 5.58 Å². The molecule has 5 nitrogen and oxygen atoms in total. The van der Waals surface area contributed by atoms with Crippen molar-refractivity contribution in [3.05, 3.63) is 91.9 Å². The largest absolute Gasteiger partial charge is 0.478 e. The van der Waals surface area contributed by atoms with Crippen molar-refractivity contribution in [2.45, 2.75) is 24.9 Å². The summed E-state index contributed by atoms with van der Waals surface area (Å²) < 4.78 is 49.0. The number of aryl methyl sites for hydroxylation is 1. The van der Waals surface area contributed by atoms with Crippen molar-refractivity contribution in [3.63, 3.8) is 0 Å². The number of fused-ring (bicyclic) bond motifs is 1. The lowest BCUT2D eigenvalue weighted by Gasteiger charge is -2.28. The van der Waals surface area contributed by atoms with Crippen LogP contribution in [0.25, 0.3) is 22.2 Å². The van der Waals surface area contributed by atoms with Crippen LogP contribution in [-0.4, -0.2) is 21.8 Å². The minimum atomic E-state index is -4.61. The van der Waals surface area contributed by atoms with Gasteiger partial charge in [0.25, 0.3) is 0 Å². The molecule has 0 saturated heterocycles. The van der Waals surface area contributed by atoms with Gasteiger partial charge in [0.05, 0.1) is 22.0 Å². The molecule has 10 heteroatoms. The SMILES string of the molecule is CC(c1ccc(-c2ccc(C(=O)O)c(Cl)c2)cc1Cl)C(c1ccc2c(c1)oc(=O)n2C)C(F)(F)F. The predicted molar refractivity (Wildman–Crippen MR) is 128 cm³/mol. The van der Waals surface area contributed by atoms with E-state index in [1.807, 2.05) is 0 Å². The maximum Gasteiger partial charge on any atom is 0.419 e. The summed E-state index contributed by atoms with van der Waals surface area (Å²) in [5.41, 5.74) is 1.76. The summed E-state index contributed by atoms with van der Waals surface area (Å²) in [6, 6.07) is 13.0. The van der Waals surface area contributed by atoms with Gasteiger partial charge in [0, 0.05) is 12.1 Å². The van der Waals surface area contributed by atoms with Crippen LogP contribution in [0.5, 0.6) is 0 Å². The minimum Gasteiger partial charge on any atom is -0.478 e. The number of oxazole rings is 1. The molecule has 0 saturated carbocycles. The third-order valence-electron chi connectivity index (χ3n) is 6.05. The average molecular weight is 524 g/mol. The molecule has 182 valence electrons. The van der Waals surface area contributed by atoms with E-state index in [1.54, 1.807) is 12.1 Å². The standard InChI is InChI=1S/C25H18Cl2F3NO4/c1-12(22(25(28,29)30)15-5-8-20-21(11-15)35-24(34)31(20)2)16-6-3-13(9-18(16)26)14-4-7-17(23(32)33)19(27)10-14/h3-12,22H,1-2H3,(H,32,33). The summed E-state index contributed by atoms with van der Waals surface area (Å²) in [6.45, 7) is 1.43. The molecule has 0 aliphatic carbocycles. The molecule has 0 fully saturated rings. The Hall–Kier alpha value is -3.23. The molecule has 35 heavy (non-hydrogen) atoms. The van der Waals surface area contributed by atoms with Crippen molar-refractivity contribution in [2.75, 3.05) is 0 Å². The fourth-order valence-corrected chi connectivity index (χ4v) is 4.84. The van der Waals surface area contributed by atoms with Gasteiger partial charge in [-0.1, -0.05) is 54.4 Å². The van der Waals surface area contributed by atoms with Crippen LogP contribution in [0.4, 0.5) is 13.2 Å². The van der Waals surface area contributed by atoms with Crippen LogP contribution in [-0.2, 0) is 7.05 Å². The van der Waals surface area contributed by atoms with Gasteiger partial charge in [-0.3, -0.25) is 4.57 Å². The topological polar surface area (TPSA) is 72.4 Å². The summed E-state index contributed by atoms with van der Waals surface area (Å²) in [6.07, 6.45) is -4.61. The zero-order chi connectivity index (χ0) is 25.7. The van der Waals surface area contributed by atoms with Gasteiger partial charge >= 0.3 is 17.9 Å². The molecule has 3 aromatic carbocycles. The second kappa shape index (κ2) is 9.09. The molecule has 0 radical (unpaired) electrons. The van der Waals surface area contributed by atoms with Gasteiger partial charge in [-0.05, 0) is 58.5 Å². The summed E-state index contributed by atoms with van der Waals surface area (Å²) in [5.74, 6) is -4.81. The zero-order valence-electron chi connectivity index (χ0n) is 18.4. The Labute approximate surface area is 207 Å². The molecule has 0 aliphatic rings. The van der Waals surface area contributed by atoms with Crippen LogP contribution < -0.4 is 5.76 Å². The maximum atomic E-state index is 14.2. The number of alkyl halides is 3. The molecule has 0 spiro atoms. The van der Waals surface area contributed by atoms with Gasteiger partial charge in [-0.2, -0.15) is 13.2 Å². The molecule has 4 aromatic rings. The number of nitrogens with zero attached hydrogens (tertiary/aromatic N) is 1. The Kier molecular flexibility index (Phi) is 6.46. The number of halogens is 5. The van der Waals surface area contributed by atoms with Crippen LogP contribution >= 0.6 is 23.2 Å². The van der Waals surface area contributed by atoms with Gasteiger partial charge in [0.2, 0.25) is 0 Å². The highest BCUT2D eigenvalue weighted by atomic mass is 35.5. The Bertz CT molecular complexity index is 1510. The lowest BCUT2D eigenvalue weighted by Crippen LogP contribution is -2.26. The second-order valence-electron chi connectivity index (χ2n) is 8.20. The minimum absolute atomic E-state index is 0.0312. The molecule has 1 aromatic heterocycles. The first-order chi connectivity index (χ1) is 16.4. The van der Waals surface area contributed by atoms with Crippen molar-refractivity contribution in [3.8, 4) is 11.1 Å². The van der Waals surface area contributed by atoms with E-state index in [2.05, 4.69) is 0 Å². The number of benzene rings is 3. The van der Waals surface area contributed by atoms with Gasteiger partial charge in [-0.25, -0.2) is 9.59 Å².